The third-order valence-electron chi connectivity index (χ3n) is 4.55. The van der Waals surface area contributed by atoms with Gasteiger partial charge in [0.05, 0.1) is 23.6 Å². The minimum Gasteiger partial charge on any atom is -0.454 e. The molecule has 10 heteroatoms. The summed E-state index contributed by atoms with van der Waals surface area (Å²) >= 11 is 0. The number of nitro benzene ring substituents is 1. The van der Waals surface area contributed by atoms with Crippen LogP contribution in [0, 0.1) is 10.1 Å². The summed E-state index contributed by atoms with van der Waals surface area (Å²) in [6, 6.07) is 2.04. The predicted octanol–water partition coefficient (Wildman–Crippen LogP) is 1.65. The summed E-state index contributed by atoms with van der Waals surface area (Å²) in [6.45, 7) is 4.16. The number of aliphatic hydroxyl groups excluding tert-OH is 1. The lowest BCUT2D eigenvalue weighted by Crippen LogP contribution is -2.44. The summed E-state index contributed by atoms with van der Waals surface area (Å²) in [5.74, 6) is -0.177. The number of nitrogens with zero attached hydrogens (tertiary/aromatic N) is 2. The highest BCUT2D eigenvalue weighted by atomic mass is 16.7. The summed E-state index contributed by atoms with van der Waals surface area (Å²) in [6.07, 6.45) is -0.617. The summed E-state index contributed by atoms with van der Waals surface area (Å²) < 4.78 is 21.3. The number of carbonyl (C=O) groups is 1. The molecule has 1 fully saturated rings. The van der Waals surface area contributed by atoms with Gasteiger partial charge in [0.25, 0.3) is 11.6 Å². The second-order valence-corrected chi connectivity index (χ2v) is 6.26. The van der Waals surface area contributed by atoms with Crippen LogP contribution in [0.25, 0.3) is 0 Å². The molecule has 0 bridgehead atoms. The van der Waals surface area contributed by atoms with Crippen molar-refractivity contribution < 1.29 is 33.8 Å². The minimum absolute atomic E-state index is 0.0672. The quantitative estimate of drug-likeness (QED) is 0.429. The number of hydrogen-bond acceptors (Lipinski definition) is 8. The van der Waals surface area contributed by atoms with Crippen LogP contribution in [-0.4, -0.2) is 59.4 Å². The molecule has 10 nitrogen and oxygen atoms in total. The maximum Gasteiger partial charge on any atom is 0.286 e. The highest BCUT2D eigenvalue weighted by Crippen LogP contribution is 2.39. The Morgan fingerprint density at radius 1 is 1.37 bits per heavy atom. The molecule has 2 heterocycles. The van der Waals surface area contributed by atoms with E-state index in [1.165, 1.54) is 17.0 Å². The highest BCUT2D eigenvalue weighted by Gasteiger charge is 2.40. The molecule has 0 spiro atoms. The van der Waals surface area contributed by atoms with Gasteiger partial charge in [-0.05, 0) is 26.7 Å². The average Bonchev–Trinajstić information content (AvgIpc) is 3.24. The van der Waals surface area contributed by atoms with Crippen LogP contribution in [0.5, 0.6) is 11.5 Å². The number of carbonyl (C=O) groups excluding carboxylic acids is 1. The molecule has 27 heavy (non-hydrogen) atoms. The van der Waals surface area contributed by atoms with Crippen LogP contribution in [0.3, 0.4) is 0 Å². The van der Waals surface area contributed by atoms with Gasteiger partial charge in [0.15, 0.2) is 17.8 Å². The smallest absolute Gasteiger partial charge is 0.286 e. The first-order valence-electron chi connectivity index (χ1n) is 8.74. The van der Waals surface area contributed by atoms with Crippen LogP contribution >= 0.6 is 0 Å². The van der Waals surface area contributed by atoms with Crippen LogP contribution < -0.4 is 9.47 Å². The Balaban J connectivity index is 1.83. The zero-order chi connectivity index (χ0) is 19.6. The zero-order valence-corrected chi connectivity index (χ0v) is 15.1. The summed E-state index contributed by atoms with van der Waals surface area (Å²) in [5, 5.41) is 21.7. The van der Waals surface area contributed by atoms with Crippen LogP contribution in [0.15, 0.2) is 12.1 Å². The van der Waals surface area contributed by atoms with Gasteiger partial charge in [0.1, 0.15) is 11.8 Å². The number of aliphatic hydroxyl groups is 1. The third kappa shape index (κ3) is 3.97. The van der Waals surface area contributed by atoms with E-state index < -0.39 is 35.1 Å². The third-order valence-corrected chi connectivity index (χ3v) is 4.55. The molecule has 2 unspecified atom stereocenters. The largest absolute Gasteiger partial charge is 0.454 e. The number of rotatable bonds is 7. The Labute approximate surface area is 155 Å². The number of fused-ring (bicyclic) bond motifs is 1. The molecule has 3 atom stereocenters. The first kappa shape index (κ1) is 19.3. The Morgan fingerprint density at radius 3 is 2.74 bits per heavy atom. The first-order chi connectivity index (χ1) is 12.9. The topological polar surface area (TPSA) is 121 Å². The summed E-state index contributed by atoms with van der Waals surface area (Å²) in [7, 11) is 0. The molecule has 1 amide bonds. The SMILES string of the molecule is CCOC(C)OC[C@@H]1CCC(O)N1C(=O)c1cc2c(cc1[N+](=O)[O-])OCO2. The minimum atomic E-state index is -1.04. The van der Waals surface area contributed by atoms with E-state index in [1.807, 2.05) is 6.92 Å². The molecule has 1 aromatic rings. The fourth-order valence-corrected chi connectivity index (χ4v) is 3.25. The summed E-state index contributed by atoms with van der Waals surface area (Å²) in [4.78, 5) is 25.0. The van der Waals surface area contributed by atoms with Crippen molar-refractivity contribution in [2.75, 3.05) is 20.0 Å². The Bertz CT molecular complexity index is 725. The van der Waals surface area contributed by atoms with Gasteiger partial charge in [0, 0.05) is 12.7 Å². The maximum absolute atomic E-state index is 13.0. The normalized spacial score (nSPS) is 22.1. The second kappa shape index (κ2) is 8.07. The van der Waals surface area contributed by atoms with Crippen molar-refractivity contribution in [3.63, 3.8) is 0 Å². The second-order valence-electron chi connectivity index (χ2n) is 6.26. The molecule has 2 aliphatic rings. The molecule has 1 aromatic carbocycles. The standard InChI is InChI=1S/C17H22N2O8/c1-3-24-10(2)25-8-11-4-5-16(20)18(11)17(21)12-6-14-15(27-9-26-14)7-13(12)19(22)23/h6-7,10-11,16,20H,3-5,8-9H2,1-2H3/t10?,11-,16?/m0/s1. The van der Waals surface area contributed by atoms with Crippen molar-refractivity contribution in [3.8, 4) is 11.5 Å². The number of likely N-dealkylation sites (tertiary alicyclic amines) is 1. The molecule has 3 rings (SSSR count). The van der Waals surface area contributed by atoms with Gasteiger partial charge in [-0.1, -0.05) is 0 Å². The van der Waals surface area contributed by atoms with Gasteiger partial charge in [0.2, 0.25) is 6.79 Å². The van der Waals surface area contributed by atoms with Gasteiger partial charge in [-0.3, -0.25) is 14.9 Å². The van der Waals surface area contributed by atoms with Crippen molar-refractivity contribution in [1.29, 1.82) is 0 Å². The first-order valence-corrected chi connectivity index (χ1v) is 8.74. The van der Waals surface area contributed by atoms with Crippen molar-refractivity contribution in [3.05, 3.63) is 27.8 Å². The molecule has 0 aromatic heterocycles. The van der Waals surface area contributed by atoms with Crippen LogP contribution in [-0.2, 0) is 9.47 Å². The molecule has 2 aliphatic heterocycles. The molecule has 1 saturated heterocycles. The van der Waals surface area contributed by atoms with E-state index in [-0.39, 0.29) is 30.5 Å². The van der Waals surface area contributed by atoms with Crippen molar-refractivity contribution in [2.24, 2.45) is 0 Å². The number of benzene rings is 1. The van der Waals surface area contributed by atoms with E-state index in [9.17, 15) is 20.0 Å². The Hall–Kier alpha value is -2.43. The molecule has 0 radical (unpaired) electrons. The Kier molecular flexibility index (Phi) is 5.78. The maximum atomic E-state index is 13.0. The number of hydrogen-bond donors (Lipinski definition) is 1. The van der Waals surface area contributed by atoms with Crippen molar-refractivity contribution >= 4 is 11.6 Å². The molecule has 1 N–H and O–H groups in total. The van der Waals surface area contributed by atoms with Gasteiger partial charge >= 0.3 is 0 Å². The average molecular weight is 382 g/mol. The highest BCUT2D eigenvalue weighted by molar-refractivity contribution is 5.99. The number of ether oxygens (including phenoxy) is 4. The predicted molar refractivity (Wildman–Crippen MR) is 91.5 cm³/mol. The fraction of sp³-hybridized carbons (Fsp3) is 0.588. The Morgan fingerprint density at radius 2 is 2.07 bits per heavy atom. The van der Waals surface area contributed by atoms with E-state index in [2.05, 4.69) is 0 Å². The molecule has 0 saturated carbocycles. The molecule has 148 valence electrons. The lowest BCUT2D eigenvalue weighted by molar-refractivity contribution is -0.385. The van der Waals surface area contributed by atoms with E-state index in [0.717, 1.165) is 0 Å². The van der Waals surface area contributed by atoms with E-state index in [1.54, 1.807) is 6.92 Å². The van der Waals surface area contributed by atoms with E-state index in [0.29, 0.717) is 19.4 Å². The van der Waals surface area contributed by atoms with Crippen molar-refractivity contribution in [1.82, 2.24) is 4.90 Å². The lowest BCUT2D eigenvalue weighted by Gasteiger charge is -2.28. The van der Waals surface area contributed by atoms with Gasteiger partial charge < -0.3 is 29.0 Å². The fourth-order valence-electron chi connectivity index (χ4n) is 3.25. The number of nitro groups is 1. The zero-order valence-electron chi connectivity index (χ0n) is 15.1. The van der Waals surface area contributed by atoms with Crippen LogP contribution in [0.4, 0.5) is 5.69 Å². The van der Waals surface area contributed by atoms with Crippen LogP contribution in [0.1, 0.15) is 37.0 Å². The molecular weight excluding hydrogens is 360 g/mol. The number of amides is 1. The van der Waals surface area contributed by atoms with E-state index in [4.69, 9.17) is 18.9 Å². The monoisotopic (exact) mass is 382 g/mol. The molecular formula is C17H22N2O8. The summed E-state index contributed by atoms with van der Waals surface area (Å²) in [5.41, 5.74) is -0.557. The van der Waals surface area contributed by atoms with Gasteiger partial charge in [-0.25, -0.2) is 0 Å². The van der Waals surface area contributed by atoms with Crippen molar-refractivity contribution in [2.45, 2.75) is 45.2 Å². The van der Waals surface area contributed by atoms with Gasteiger partial charge in [-0.2, -0.15) is 0 Å². The van der Waals surface area contributed by atoms with E-state index >= 15 is 0 Å². The van der Waals surface area contributed by atoms with Gasteiger partial charge in [-0.15, -0.1) is 0 Å². The lowest BCUT2D eigenvalue weighted by atomic mass is 10.1. The molecule has 0 aliphatic carbocycles. The van der Waals surface area contributed by atoms with Crippen LogP contribution in [0.2, 0.25) is 0 Å².